The summed E-state index contributed by atoms with van der Waals surface area (Å²) in [6.07, 6.45) is 8.12. The minimum absolute atomic E-state index is 0.108. The van der Waals surface area contributed by atoms with Crippen LogP contribution in [0.25, 0.3) is 0 Å². The Balaban J connectivity index is 2.40. The van der Waals surface area contributed by atoms with Gasteiger partial charge in [-0.1, -0.05) is 18.9 Å². The van der Waals surface area contributed by atoms with Crippen LogP contribution in [0, 0.1) is 18.3 Å². The summed E-state index contributed by atoms with van der Waals surface area (Å²) in [5, 5.41) is 0. The summed E-state index contributed by atoms with van der Waals surface area (Å²) >= 11 is 0. The van der Waals surface area contributed by atoms with Crippen molar-refractivity contribution in [1.29, 1.82) is 0 Å². The highest BCUT2D eigenvalue weighted by Gasteiger charge is 2.32. The van der Waals surface area contributed by atoms with Gasteiger partial charge >= 0.3 is 0 Å². The third-order valence-electron chi connectivity index (χ3n) is 3.52. The van der Waals surface area contributed by atoms with Crippen molar-refractivity contribution in [2.45, 2.75) is 31.1 Å². The summed E-state index contributed by atoms with van der Waals surface area (Å²) in [5.74, 6) is 2.89. The number of terminal acetylenes is 1. The molecule has 108 valence electrons. The first-order valence-corrected chi connectivity index (χ1v) is 8.25. The quantitative estimate of drug-likeness (QED) is 0.643. The Kier molecular flexibility index (Phi) is 4.36. The van der Waals surface area contributed by atoms with E-state index in [1.54, 1.807) is 12.1 Å². The summed E-state index contributed by atoms with van der Waals surface area (Å²) < 4.78 is 27.0. The van der Waals surface area contributed by atoms with Crippen molar-refractivity contribution in [3.63, 3.8) is 0 Å². The first-order chi connectivity index (χ1) is 9.48. The van der Waals surface area contributed by atoms with E-state index in [9.17, 15) is 8.42 Å². The Hall–Kier alpha value is -1.51. The number of hydrogen-bond acceptors (Lipinski definition) is 3. The number of sulfonamides is 1. The molecule has 1 aliphatic rings. The highest BCUT2D eigenvalue weighted by molar-refractivity contribution is 7.89. The van der Waals surface area contributed by atoms with Gasteiger partial charge in [0.25, 0.3) is 0 Å². The van der Waals surface area contributed by atoms with Gasteiger partial charge in [-0.25, -0.2) is 8.42 Å². The van der Waals surface area contributed by atoms with Gasteiger partial charge in [0.2, 0.25) is 10.0 Å². The van der Waals surface area contributed by atoms with Crippen molar-refractivity contribution >= 4 is 15.7 Å². The molecular weight excluding hydrogens is 272 g/mol. The summed E-state index contributed by atoms with van der Waals surface area (Å²) in [5.41, 5.74) is 6.97. The van der Waals surface area contributed by atoms with Crippen LogP contribution in [0.2, 0.25) is 0 Å². The maximum absolute atomic E-state index is 12.8. The minimum atomic E-state index is -3.57. The molecule has 1 aromatic rings. The largest absolute Gasteiger partial charge is 0.399 e. The van der Waals surface area contributed by atoms with Crippen LogP contribution in [0.15, 0.2) is 23.1 Å². The lowest BCUT2D eigenvalue weighted by atomic mass is 10.1. The molecule has 1 aromatic carbocycles. The number of anilines is 1. The van der Waals surface area contributed by atoms with Crippen LogP contribution in [0.4, 0.5) is 5.69 Å². The molecule has 2 rings (SSSR count). The zero-order valence-electron chi connectivity index (χ0n) is 11.7. The molecule has 0 bridgehead atoms. The van der Waals surface area contributed by atoms with Crippen LogP contribution < -0.4 is 5.73 Å². The monoisotopic (exact) mass is 292 g/mol. The van der Waals surface area contributed by atoms with Crippen LogP contribution >= 0.6 is 0 Å². The zero-order valence-corrected chi connectivity index (χ0v) is 12.5. The maximum Gasteiger partial charge on any atom is 0.244 e. The average Bonchev–Trinajstić information content (AvgIpc) is 3.22. The molecule has 20 heavy (non-hydrogen) atoms. The predicted octanol–water partition coefficient (Wildman–Crippen LogP) is 1.87. The minimum Gasteiger partial charge on any atom is -0.399 e. The van der Waals surface area contributed by atoms with Gasteiger partial charge in [-0.05, 0) is 42.9 Å². The van der Waals surface area contributed by atoms with E-state index in [0.717, 1.165) is 18.4 Å². The second-order valence-electron chi connectivity index (χ2n) is 5.17. The lowest BCUT2D eigenvalue weighted by Gasteiger charge is -2.21. The fraction of sp³-hybridized carbons (Fsp3) is 0.467. The van der Waals surface area contributed by atoms with Crippen LogP contribution in [-0.4, -0.2) is 25.8 Å². The Morgan fingerprint density at radius 3 is 2.70 bits per heavy atom. The van der Waals surface area contributed by atoms with E-state index in [1.807, 2.05) is 6.92 Å². The maximum atomic E-state index is 12.8. The van der Waals surface area contributed by atoms with Gasteiger partial charge in [-0.15, -0.1) is 6.42 Å². The van der Waals surface area contributed by atoms with Gasteiger partial charge in [-0.2, -0.15) is 4.31 Å². The molecule has 0 saturated heterocycles. The van der Waals surface area contributed by atoms with Crippen LogP contribution in [0.3, 0.4) is 0 Å². The van der Waals surface area contributed by atoms with E-state index in [4.69, 9.17) is 12.2 Å². The standard InChI is InChI=1S/C15H20N2O2S/c1-3-9-17(11-12-5-6-12)20(18,19)15-10-14(16)8-7-13(15)4-2/h1,7-8,10,12H,4-6,9,11,16H2,2H3. The van der Waals surface area contributed by atoms with Gasteiger partial charge in [0, 0.05) is 12.2 Å². The highest BCUT2D eigenvalue weighted by atomic mass is 32.2. The van der Waals surface area contributed by atoms with Gasteiger partial charge < -0.3 is 5.73 Å². The Labute approximate surface area is 121 Å². The van der Waals surface area contributed by atoms with Gasteiger partial charge in [0.15, 0.2) is 0 Å². The second-order valence-corrected chi connectivity index (χ2v) is 7.07. The van der Waals surface area contributed by atoms with Crippen LogP contribution in [0.1, 0.15) is 25.3 Å². The SMILES string of the molecule is C#CCN(CC1CC1)S(=O)(=O)c1cc(N)ccc1CC. The normalized spacial score (nSPS) is 15.2. The highest BCUT2D eigenvalue weighted by Crippen LogP contribution is 2.32. The predicted molar refractivity (Wildman–Crippen MR) is 80.5 cm³/mol. The van der Waals surface area contributed by atoms with Crippen molar-refractivity contribution in [2.75, 3.05) is 18.8 Å². The molecule has 2 N–H and O–H groups in total. The zero-order chi connectivity index (χ0) is 14.8. The van der Waals surface area contributed by atoms with Crippen LogP contribution in [-0.2, 0) is 16.4 Å². The van der Waals surface area contributed by atoms with Crippen molar-refractivity contribution in [3.8, 4) is 12.3 Å². The topological polar surface area (TPSA) is 63.4 Å². The van der Waals surface area contributed by atoms with Crippen molar-refractivity contribution in [2.24, 2.45) is 5.92 Å². The third kappa shape index (κ3) is 3.14. The molecule has 4 nitrogen and oxygen atoms in total. The summed E-state index contributed by atoms with van der Waals surface area (Å²) in [4.78, 5) is 0.288. The van der Waals surface area contributed by atoms with Crippen molar-refractivity contribution in [1.82, 2.24) is 4.31 Å². The van der Waals surface area contributed by atoms with E-state index in [-0.39, 0.29) is 11.4 Å². The first-order valence-electron chi connectivity index (χ1n) is 6.81. The molecule has 0 aliphatic heterocycles. The van der Waals surface area contributed by atoms with E-state index in [2.05, 4.69) is 5.92 Å². The smallest absolute Gasteiger partial charge is 0.244 e. The summed E-state index contributed by atoms with van der Waals surface area (Å²) in [7, 11) is -3.57. The van der Waals surface area contributed by atoms with Gasteiger partial charge in [0.1, 0.15) is 0 Å². The van der Waals surface area contributed by atoms with E-state index < -0.39 is 10.0 Å². The molecule has 0 radical (unpaired) electrons. The Bertz CT molecular complexity index is 628. The fourth-order valence-corrected chi connectivity index (χ4v) is 3.94. The number of benzene rings is 1. The Morgan fingerprint density at radius 1 is 1.45 bits per heavy atom. The second kappa shape index (κ2) is 5.86. The molecule has 1 fully saturated rings. The van der Waals surface area contributed by atoms with E-state index in [1.165, 1.54) is 10.4 Å². The number of nitrogens with two attached hydrogens (primary N) is 1. The lowest BCUT2D eigenvalue weighted by Crippen LogP contribution is -2.34. The summed E-state index contributed by atoms with van der Waals surface area (Å²) in [6.45, 7) is 2.54. The molecule has 5 heteroatoms. The van der Waals surface area contributed by atoms with E-state index >= 15 is 0 Å². The number of aryl methyl sites for hydroxylation is 1. The van der Waals surface area contributed by atoms with Crippen molar-refractivity contribution < 1.29 is 8.42 Å². The number of rotatable bonds is 6. The summed E-state index contributed by atoms with van der Waals surface area (Å²) in [6, 6.07) is 5.03. The average molecular weight is 292 g/mol. The first kappa shape index (κ1) is 14.9. The molecule has 1 saturated carbocycles. The molecule has 0 aromatic heterocycles. The van der Waals surface area contributed by atoms with Gasteiger partial charge in [-0.3, -0.25) is 0 Å². The molecule has 0 heterocycles. The molecular formula is C15H20N2O2S. The number of nitrogen functional groups attached to an aromatic ring is 1. The Morgan fingerprint density at radius 2 is 2.15 bits per heavy atom. The fourth-order valence-electron chi connectivity index (χ4n) is 2.18. The molecule has 0 amide bonds. The van der Waals surface area contributed by atoms with Crippen LogP contribution in [0.5, 0.6) is 0 Å². The number of nitrogens with zero attached hydrogens (tertiary/aromatic N) is 1. The molecule has 0 spiro atoms. The number of hydrogen-bond donors (Lipinski definition) is 1. The van der Waals surface area contributed by atoms with E-state index in [0.29, 0.717) is 24.6 Å². The van der Waals surface area contributed by atoms with Gasteiger partial charge in [0.05, 0.1) is 11.4 Å². The molecule has 0 unspecified atom stereocenters. The lowest BCUT2D eigenvalue weighted by molar-refractivity contribution is 0.429. The molecule has 0 atom stereocenters. The third-order valence-corrected chi connectivity index (χ3v) is 5.41. The van der Waals surface area contributed by atoms with Crippen molar-refractivity contribution in [3.05, 3.63) is 23.8 Å². The molecule has 1 aliphatic carbocycles.